The molecule has 0 aliphatic carbocycles. The Morgan fingerprint density at radius 2 is 1.84 bits per heavy atom. The summed E-state index contributed by atoms with van der Waals surface area (Å²) >= 11 is 0. The van der Waals surface area contributed by atoms with Crippen molar-refractivity contribution in [3.05, 3.63) is 84.5 Å². The minimum atomic E-state index is -3.69. The molecule has 2 N–H and O–H groups in total. The van der Waals surface area contributed by atoms with Crippen LogP contribution >= 0.6 is 0 Å². The summed E-state index contributed by atoms with van der Waals surface area (Å²) in [6.45, 7) is 0. The van der Waals surface area contributed by atoms with E-state index in [4.69, 9.17) is 4.42 Å². The van der Waals surface area contributed by atoms with Gasteiger partial charge in [0.2, 0.25) is 10.0 Å². The fourth-order valence-corrected chi connectivity index (χ4v) is 3.49. The van der Waals surface area contributed by atoms with Crippen LogP contribution in [0, 0.1) is 5.82 Å². The van der Waals surface area contributed by atoms with Gasteiger partial charge in [-0.2, -0.15) is 5.10 Å². The van der Waals surface area contributed by atoms with E-state index in [0.717, 1.165) is 12.3 Å². The molecule has 0 unspecified atom stereocenters. The highest BCUT2D eigenvalue weighted by Crippen LogP contribution is 2.24. The number of halogens is 1. The SMILES string of the molecule is CS(=O)(=O)Nc1cc(NC(=O)c2cc(-c3ccco3)nn2-c2ccccc2)ccc1F. The third-order valence-corrected chi connectivity index (χ3v) is 4.83. The van der Waals surface area contributed by atoms with Crippen molar-refractivity contribution in [2.45, 2.75) is 0 Å². The van der Waals surface area contributed by atoms with E-state index in [1.165, 1.54) is 23.1 Å². The molecule has 0 radical (unpaired) electrons. The number of aromatic nitrogens is 2. The van der Waals surface area contributed by atoms with E-state index in [-0.39, 0.29) is 17.1 Å². The van der Waals surface area contributed by atoms with Gasteiger partial charge in [-0.1, -0.05) is 18.2 Å². The predicted molar refractivity (Wildman–Crippen MR) is 114 cm³/mol. The monoisotopic (exact) mass is 440 g/mol. The second kappa shape index (κ2) is 8.07. The van der Waals surface area contributed by atoms with Crippen molar-refractivity contribution in [2.24, 2.45) is 0 Å². The van der Waals surface area contributed by atoms with E-state index in [0.29, 0.717) is 17.1 Å². The molecule has 4 rings (SSSR count). The summed E-state index contributed by atoms with van der Waals surface area (Å²) in [6, 6.07) is 17.7. The van der Waals surface area contributed by atoms with Gasteiger partial charge in [0.25, 0.3) is 5.91 Å². The molecule has 0 spiro atoms. The molecule has 0 atom stereocenters. The number of hydrogen-bond acceptors (Lipinski definition) is 5. The number of sulfonamides is 1. The number of carbonyl (C=O) groups is 1. The number of nitrogens with zero attached hydrogens (tertiary/aromatic N) is 2. The second-order valence-corrected chi connectivity index (χ2v) is 8.41. The van der Waals surface area contributed by atoms with Gasteiger partial charge in [0.1, 0.15) is 17.2 Å². The number of para-hydroxylation sites is 1. The van der Waals surface area contributed by atoms with Crippen LogP contribution in [0.4, 0.5) is 15.8 Å². The number of nitrogens with one attached hydrogen (secondary N) is 2. The average molecular weight is 440 g/mol. The first-order valence-electron chi connectivity index (χ1n) is 9.08. The Morgan fingerprint density at radius 1 is 1.06 bits per heavy atom. The maximum Gasteiger partial charge on any atom is 0.274 e. The Balaban J connectivity index is 1.69. The zero-order valence-corrected chi connectivity index (χ0v) is 17.1. The van der Waals surface area contributed by atoms with Gasteiger partial charge >= 0.3 is 0 Å². The fourth-order valence-electron chi connectivity index (χ4n) is 2.93. The Kier molecular flexibility index (Phi) is 5.30. The van der Waals surface area contributed by atoms with Crippen molar-refractivity contribution in [1.82, 2.24) is 9.78 Å². The Morgan fingerprint density at radius 3 is 2.52 bits per heavy atom. The molecule has 10 heteroatoms. The van der Waals surface area contributed by atoms with Gasteiger partial charge in [-0.15, -0.1) is 0 Å². The molecule has 0 saturated heterocycles. The number of carbonyl (C=O) groups excluding carboxylic acids is 1. The molecular formula is C21H17FN4O4S. The van der Waals surface area contributed by atoms with Crippen molar-refractivity contribution >= 4 is 27.3 Å². The van der Waals surface area contributed by atoms with E-state index < -0.39 is 21.7 Å². The third kappa shape index (κ3) is 4.64. The Hall–Kier alpha value is -3.92. The summed E-state index contributed by atoms with van der Waals surface area (Å²) in [5.74, 6) is -0.797. The van der Waals surface area contributed by atoms with Crippen LogP contribution in [0.1, 0.15) is 10.5 Å². The molecule has 0 aliphatic heterocycles. The number of hydrogen-bond donors (Lipinski definition) is 2. The number of amides is 1. The molecule has 4 aromatic rings. The lowest BCUT2D eigenvalue weighted by Gasteiger charge is -2.10. The van der Waals surface area contributed by atoms with Crippen molar-refractivity contribution in [1.29, 1.82) is 0 Å². The molecule has 31 heavy (non-hydrogen) atoms. The van der Waals surface area contributed by atoms with E-state index >= 15 is 0 Å². The molecule has 8 nitrogen and oxygen atoms in total. The van der Waals surface area contributed by atoms with Crippen LogP contribution in [0.15, 0.2) is 77.4 Å². The van der Waals surface area contributed by atoms with Gasteiger partial charge in [0.05, 0.1) is 23.9 Å². The quantitative estimate of drug-likeness (QED) is 0.473. The summed E-state index contributed by atoms with van der Waals surface area (Å²) in [4.78, 5) is 13.0. The van der Waals surface area contributed by atoms with Crippen LogP contribution in [0.2, 0.25) is 0 Å². The van der Waals surface area contributed by atoms with Crippen LogP contribution in [-0.2, 0) is 10.0 Å². The molecular weight excluding hydrogens is 423 g/mol. The maximum absolute atomic E-state index is 13.9. The first-order valence-corrected chi connectivity index (χ1v) is 11.0. The highest BCUT2D eigenvalue weighted by Gasteiger charge is 2.19. The number of anilines is 2. The smallest absolute Gasteiger partial charge is 0.274 e. The van der Waals surface area contributed by atoms with E-state index in [1.807, 2.05) is 18.2 Å². The minimum Gasteiger partial charge on any atom is -0.463 e. The summed E-state index contributed by atoms with van der Waals surface area (Å²) in [5.41, 5.74) is 1.26. The van der Waals surface area contributed by atoms with Gasteiger partial charge in [-0.3, -0.25) is 9.52 Å². The number of rotatable bonds is 6. The van der Waals surface area contributed by atoms with Crippen molar-refractivity contribution in [3.8, 4) is 17.1 Å². The van der Waals surface area contributed by atoms with Crippen molar-refractivity contribution in [3.63, 3.8) is 0 Å². The van der Waals surface area contributed by atoms with E-state index in [9.17, 15) is 17.6 Å². The summed E-state index contributed by atoms with van der Waals surface area (Å²) in [7, 11) is -3.69. The largest absolute Gasteiger partial charge is 0.463 e. The lowest BCUT2D eigenvalue weighted by Crippen LogP contribution is -2.17. The minimum absolute atomic E-state index is 0.206. The first kappa shape index (κ1) is 20.4. The maximum atomic E-state index is 13.9. The summed E-state index contributed by atoms with van der Waals surface area (Å²) in [5, 5.41) is 7.12. The number of benzene rings is 2. The number of furan rings is 1. The molecule has 158 valence electrons. The molecule has 0 fully saturated rings. The van der Waals surface area contributed by atoms with Crippen molar-refractivity contribution < 1.29 is 22.0 Å². The van der Waals surface area contributed by atoms with Crippen LogP contribution in [0.25, 0.3) is 17.1 Å². The first-order chi connectivity index (χ1) is 14.8. The topological polar surface area (TPSA) is 106 Å². The van der Waals surface area contributed by atoms with Gasteiger partial charge in [0.15, 0.2) is 5.76 Å². The van der Waals surface area contributed by atoms with Gasteiger partial charge < -0.3 is 9.73 Å². The predicted octanol–water partition coefficient (Wildman–Crippen LogP) is 3.90. The molecule has 1 amide bonds. The highest BCUT2D eigenvalue weighted by atomic mass is 32.2. The van der Waals surface area contributed by atoms with E-state index in [1.54, 1.807) is 30.3 Å². The van der Waals surface area contributed by atoms with E-state index in [2.05, 4.69) is 15.1 Å². The van der Waals surface area contributed by atoms with Crippen LogP contribution in [-0.4, -0.2) is 30.4 Å². The standard InChI is InChI=1S/C21H17FN4O4S/c1-31(28,29)25-17-12-14(9-10-16(17)22)23-21(27)19-13-18(20-8-5-11-30-20)24-26(19)15-6-3-2-4-7-15/h2-13,25H,1H3,(H,23,27). The molecule has 0 bridgehead atoms. The Bertz CT molecular complexity index is 1330. The second-order valence-electron chi connectivity index (χ2n) is 6.66. The van der Waals surface area contributed by atoms with Crippen LogP contribution in [0.5, 0.6) is 0 Å². The molecule has 0 saturated carbocycles. The summed E-state index contributed by atoms with van der Waals surface area (Å²) in [6.07, 6.45) is 2.41. The van der Waals surface area contributed by atoms with Crippen molar-refractivity contribution in [2.75, 3.05) is 16.3 Å². The molecule has 2 aromatic heterocycles. The molecule has 0 aliphatic rings. The van der Waals surface area contributed by atoms with Gasteiger partial charge in [-0.25, -0.2) is 17.5 Å². The lowest BCUT2D eigenvalue weighted by molar-refractivity contribution is 0.101. The molecule has 2 aromatic carbocycles. The lowest BCUT2D eigenvalue weighted by atomic mass is 10.2. The average Bonchev–Trinajstić information content (AvgIpc) is 3.40. The molecule has 2 heterocycles. The zero-order chi connectivity index (χ0) is 22.0. The van der Waals surface area contributed by atoms with Gasteiger partial charge in [0, 0.05) is 11.8 Å². The normalized spacial score (nSPS) is 11.3. The zero-order valence-electron chi connectivity index (χ0n) is 16.2. The third-order valence-electron chi connectivity index (χ3n) is 4.24. The van der Waals surface area contributed by atoms with Gasteiger partial charge in [-0.05, 0) is 42.5 Å². The van der Waals surface area contributed by atoms with Crippen LogP contribution < -0.4 is 10.0 Å². The highest BCUT2D eigenvalue weighted by molar-refractivity contribution is 7.92. The summed E-state index contributed by atoms with van der Waals surface area (Å²) < 4.78 is 45.7. The fraction of sp³-hybridized carbons (Fsp3) is 0.0476. The van der Waals surface area contributed by atoms with Crippen LogP contribution in [0.3, 0.4) is 0 Å². The Labute approximate surface area is 177 Å².